The molecule has 0 aliphatic rings. The van der Waals surface area contributed by atoms with Crippen LogP contribution in [0.1, 0.15) is 0 Å². The number of thiophene rings is 2. The molecule has 0 unspecified atom stereocenters. The highest BCUT2D eigenvalue weighted by atomic mass is 32.1. The smallest absolute Gasteiger partial charge is 0.0573 e. The predicted octanol–water partition coefficient (Wildman–Crippen LogP) is 3.87. The first-order valence-electron chi connectivity index (χ1n) is 4.56. The van der Waals surface area contributed by atoms with E-state index < -0.39 is 0 Å². The summed E-state index contributed by atoms with van der Waals surface area (Å²) < 4.78 is 0. The van der Waals surface area contributed by atoms with Crippen molar-refractivity contribution in [2.45, 2.75) is 0 Å². The first-order chi connectivity index (χ1) is 7.43. The second-order valence-corrected chi connectivity index (χ2v) is 5.16. The van der Waals surface area contributed by atoms with Gasteiger partial charge in [-0.05, 0) is 23.6 Å². The minimum atomic E-state index is 1.16. The van der Waals surface area contributed by atoms with Gasteiger partial charge >= 0.3 is 0 Å². The fourth-order valence-corrected chi connectivity index (χ4v) is 3.25. The minimum Gasteiger partial charge on any atom is -0.285 e. The quantitative estimate of drug-likeness (QED) is 0.714. The maximum Gasteiger partial charge on any atom is 0.0573 e. The van der Waals surface area contributed by atoms with E-state index in [9.17, 15) is 0 Å². The molecule has 0 radical (unpaired) electrons. The van der Waals surface area contributed by atoms with Crippen molar-refractivity contribution in [3.8, 4) is 20.2 Å². The van der Waals surface area contributed by atoms with E-state index in [4.69, 9.17) is 0 Å². The second kappa shape index (κ2) is 3.64. The summed E-state index contributed by atoms with van der Waals surface area (Å²) in [7, 11) is 0. The molecule has 0 fully saturated rings. The van der Waals surface area contributed by atoms with Gasteiger partial charge in [-0.25, -0.2) is 0 Å². The van der Waals surface area contributed by atoms with Crippen LogP contribution in [-0.2, 0) is 0 Å². The van der Waals surface area contributed by atoms with E-state index in [1.807, 2.05) is 12.4 Å². The predicted molar refractivity (Wildman–Crippen MR) is 65.2 cm³/mol. The normalized spacial score (nSPS) is 10.7. The van der Waals surface area contributed by atoms with Gasteiger partial charge in [0, 0.05) is 26.4 Å². The molecule has 3 rings (SSSR count). The topological polar surface area (TPSA) is 28.7 Å². The van der Waals surface area contributed by atoms with Crippen molar-refractivity contribution in [3.63, 3.8) is 0 Å². The molecule has 2 nitrogen and oxygen atoms in total. The number of hydrogen-bond donors (Lipinski definition) is 1. The Morgan fingerprint density at radius 3 is 2.73 bits per heavy atom. The highest BCUT2D eigenvalue weighted by molar-refractivity contribution is 7.23. The third-order valence-corrected chi connectivity index (χ3v) is 4.35. The molecule has 0 aliphatic heterocycles. The van der Waals surface area contributed by atoms with Crippen molar-refractivity contribution >= 4 is 22.7 Å². The SMILES string of the molecule is c1csc(-c2ccc(-c3cn[nH]c3)s2)c1. The molecule has 0 atom stereocenters. The zero-order chi connectivity index (χ0) is 10.1. The Morgan fingerprint density at radius 1 is 1.07 bits per heavy atom. The molecular formula is C11H8N2S2. The van der Waals surface area contributed by atoms with Crippen molar-refractivity contribution in [2.75, 3.05) is 0 Å². The summed E-state index contributed by atoms with van der Waals surface area (Å²) in [5, 5.41) is 8.89. The van der Waals surface area contributed by atoms with Gasteiger partial charge in [-0.1, -0.05) is 6.07 Å². The molecule has 0 spiro atoms. The van der Waals surface area contributed by atoms with Crippen molar-refractivity contribution in [1.29, 1.82) is 0 Å². The van der Waals surface area contributed by atoms with Crippen LogP contribution < -0.4 is 0 Å². The van der Waals surface area contributed by atoms with Gasteiger partial charge in [0.05, 0.1) is 6.20 Å². The summed E-state index contributed by atoms with van der Waals surface area (Å²) in [5.74, 6) is 0. The van der Waals surface area contributed by atoms with Gasteiger partial charge in [0.15, 0.2) is 0 Å². The van der Waals surface area contributed by atoms with Gasteiger partial charge < -0.3 is 0 Å². The Balaban J connectivity index is 2.02. The van der Waals surface area contributed by atoms with Crippen molar-refractivity contribution in [2.24, 2.45) is 0 Å². The van der Waals surface area contributed by atoms with E-state index in [0.717, 1.165) is 5.56 Å². The van der Waals surface area contributed by atoms with Crippen LogP contribution in [0.5, 0.6) is 0 Å². The average molecular weight is 232 g/mol. The molecule has 0 saturated carbocycles. The maximum atomic E-state index is 3.95. The molecule has 0 bridgehead atoms. The summed E-state index contributed by atoms with van der Waals surface area (Å²) in [5.41, 5.74) is 1.16. The van der Waals surface area contributed by atoms with E-state index in [1.54, 1.807) is 22.7 Å². The van der Waals surface area contributed by atoms with Crippen molar-refractivity contribution in [3.05, 3.63) is 42.0 Å². The summed E-state index contributed by atoms with van der Waals surface area (Å²) in [4.78, 5) is 3.91. The van der Waals surface area contributed by atoms with Crippen LogP contribution in [0.2, 0.25) is 0 Å². The fraction of sp³-hybridized carbons (Fsp3) is 0. The summed E-state index contributed by atoms with van der Waals surface area (Å²) in [6, 6.07) is 8.54. The number of nitrogens with one attached hydrogen (secondary N) is 1. The highest BCUT2D eigenvalue weighted by Gasteiger charge is 2.05. The Bertz CT molecular complexity index is 486. The molecule has 3 aromatic rings. The van der Waals surface area contributed by atoms with Crippen LogP contribution in [0.15, 0.2) is 42.0 Å². The van der Waals surface area contributed by atoms with Crippen LogP contribution >= 0.6 is 22.7 Å². The third-order valence-electron chi connectivity index (χ3n) is 2.15. The second-order valence-electron chi connectivity index (χ2n) is 3.13. The standard InChI is InChI=1S/C11H8N2S2/c1-2-10(14-5-1)11-4-3-9(15-11)8-6-12-13-7-8/h1-7H,(H,12,13). The Labute approximate surface area is 95.2 Å². The lowest BCUT2D eigenvalue weighted by Crippen LogP contribution is -1.60. The van der Waals surface area contributed by atoms with Crippen LogP contribution in [0, 0.1) is 0 Å². The first-order valence-corrected chi connectivity index (χ1v) is 6.26. The van der Waals surface area contributed by atoms with Crippen LogP contribution in [-0.4, -0.2) is 10.2 Å². The van der Waals surface area contributed by atoms with Crippen molar-refractivity contribution in [1.82, 2.24) is 10.2 Å². The molecule has 0 aromatic carbocycles. The van der Waals surface area contributed by atoms with E-state index in [0.29, 0.717) is 0 Å². The molecule has 3 aromatic heterocycles. The van der Waals surface area contributed by atoms with Crippen LogP contribution in [0.25, 0.3) is 20.2 Å². The summed E-state index contributed by atoms with van der Waals surface area (Å²) >= 11 is 3.57. The average Bonchev–Trinajstić information content (AvgIpc) is 3.02. The Morgan fingerprint density at radius 2 is 2.00 bits per heavy atom. The fourth-order valence-electron chi connectivity index (χ4n) is 1.43. The van der Waals surface area contributed by atoms with Gasteiger partial charge in [-0.15, -0.1) is 22.7 Å². The number of nitrogens with zero attached hydrogens (tertiary/aromatic N) is 1. The van der Waals surface area contributed by atoms with Gasteiger partial charge in [0.2, 0.25) is 0 Å². The molecule has 15 heavy (non-hydrogen) atoms. The zero-order valence-electron chi connectivity index (χ0n) is 7.81. The third kappa shape index (κ3) is 1.62. The maximum absolute atomic E-state index is 3.95. The number of rotatable bonds is 2. The summed E-state index contributed by atoms with van der Waals surface area (Å²) in [6.07, 6.45) is 3.77. The molecule has 0 amide bonds. The van der Waals surface area contributed by atoms with Gasteiger partial charge in [0.1, 0.15) is 0 Å². The lowest BCUT2D eigenvalue weighted by molar-refractivity contribution is 1.09. The number of aromatic nitrogens is 2. The van der Waals surface area contributed by atoms with E-state index in [2.05, 4.69) is 39.8 Å². The lowest BCUT2D eigenvalue weighted by Gasteiger charge is -1.89. The van der Waals surface area contributed by atoms with E-state index >= 15 is 0 Å². The van der Waals surface area contributed by atoms with Crippen LogP contribution in [0.4, 0.5) is 0 Å². The van der Waals surface area contributed by atoms with E-state index in [-0.39, 0.29) is 0 Å². The first kappa shape index (κ1) is 8.88. The van der Waals surface area contributed by atoms with Gasteiger partial charge in [-0.2, -0.15) is 5.10 Å². The van der Waals surface area contributed by atoms with Gasteiger partial charge in [-0.3, -0.25) is 5.10 Å². The number of H-pyrrole nitrogens is 1. The summed E-state index contributed by atoms with van der Waals surface area (Å²) in [6.45, 7) is 0. The number of hydrogen-bond acceptors (Lipinski definition) is 3. The minimum absolute atomic E-state index is 1.16. The molecule has 1 N–H and O–H groups in total. The highest BCUT2D eigenvalue weighted by Crippen LogP contribution is 2.35. The van der Waals surface area contributed by atoms with Gasteiger partial charge in [0.25, 0.3) is 0 Å². The molecule has 74 valence electrons. The van der Waals surface area contributed by atoms with Crippen LogP contribution in [0.3, 0.4) is 0 Å². The largest absolute Gasteiger partial charge is 0.285 e. The lowest BCUT2D eigenvalue weighted by atomic mass is 10.3. The zero-order valence-corrected chi connectivity index (χ0v) is 9.44. The number of aromatic amines is 1. The van der Waals surface area contributed by atoms with Crippen molar-refractivity contribution < 1.29 is 0 Å². The molecule has 0 aliphatic carbocycles. The molecule has 3 heterocycles. The Hall–Kier alpha value is -1.39. The molecular weight excluding hydrogens is 224 g/mol. The van der Waals surface area contributed by atoms with E-state index in [1.165, 1.54) is 14.6 Å². The monoisotopic (exact) mass is 232 g/mol. The molecule has 4 heteroatoms. The Kier molecular flexibility index (Phi) is 2.16. The molecule has 0 saturated heterocycles.